The van der Waals surface area contributed by atoms with Crippen molar-refractivity contribution in [1.82, 2.24) is 15.1 Å². The van der Waals surface area contributed by atoms with Crippen LogP contribution in [0.4, 0.5) is 5.69 Å². The molecule has 1 atom stereocenters. The molecule has 1 aromatic heterocycles. The Morgan fingerprint density at radius 3 is 3.11 bits per heavy atom. The average molecular weight is 265 g/mol. The van der Waals surface area contributed by atoms with E-state index in [4.69, 9.17) is 5.73 Å². The first-order chi connectivity index (χ1) is 9.15. The van der Waals surface area contributed by atoms with Gasteiger partial charge in [0.25, 0.3) is 0 Å². The summed E-state index contributed by atoms with van der Waals surface area (Å²) in [5, 5.41) is 9.98. The van der Waals surface area contributed by atoms with Gasteiger partial charge in [0.2, 0.25) is 11.8 Å². The normalized spacial score (nSPS) is 19.7. The third kappa shape index (κ3) is 4.06. The second-order valence-electron chi connectivity index (χ2n) is 4.74. The highest BCUT2D eigenvalue weighted by Crippen LogP contribution is 2.11. The lowest BCUT2D eigenvalue weighted by molar-refractivity contribution is -0.119. The van der Waals surface area contributed by atoms with Gasteiger partial charge in [-0.15, -0.1) is 0 Å². The van der Waals surface area contributed by atoms with Gasteiger partial charge in [0.05, 0.1) is 17.9 Å². The molecule has 0 saturated carbocycles. The van der Waals surface area contributed by atoms with Gasteiger partial charge in [-0.2, -0.15) is 5.10 Å². The molecule has 2 amide bonds. The molecule has 1 aliphatic rings. The van der Waals surface area contributed by atoms with Crippen molar-refractivity contribution in [3.05, 3.63) is 12.4 Å². The molecule has 7 nitrogen and oxygen atoms in total. The van der Waals surface area contributed by atoms with Gasteiger partial charge in [0, 0.05) is 6.20 Å². The van der Waals surface area contributed by atoms with Crippen LogP contribution < -0.4 is 16.4 Å². The van der Waals surface area contributed by atoms with E-state index in [2.05, 4.69) is 15.7 Å². The Hall–Kier alpha value is -1.89. The second-order valence-corrected chi connectivity index (χ2v) is 4.74. The zero-order chi connectivity index (χ0) is 13.7. The molecule has 0 radical (unpaired) electrons. The van der Waals surface area contributed by atoms with Crippen LogP contribution in [-0.2, 0) is 16.1 Å². The summed E-state index contributed by atoms with van der Waals surface area (Å²) < 4.78 is 1.40. The molecule has 2 heterocycles. The van der Waals surface area contributed by atoms with E-state index < -0.39 is 5.91 Å². The van der Waals surface area contributed by atoms with Gasteiger partial charge in [0.15, 0.2) is 0 Å². The number of rotatable bonds is 4. The SMILES string of the molecule is NC(=O)Cn1cc(NC(=O)C2CCCCCN2)cn1. The van der Waals surface area contributed by atoms with E-state index >= 15 is 0 Å². The Bertz CT molecular complexity index is 449. The molecule has 7 heteroatoms. The lowest BCUT2D eigenvalue weighted by Crippen LogP contribution is -2.39. The molecule has 104 valence electrons. The summed E-state index contributed by atoms with van der Waals surface area (Å²) in [6.07, 6.45) is 7.29. The molecule has 0 aromatic carbocycles. The number of nitrogens with one attached hydrogen (secondary N) is 2. The maximum atomic E-state index is 12.0. The molecule has 2 rings (SSSR count). The van der Waals surface area contributed by atoms with Crippen molar-refractivity contribution < 1.29 is 9.59 Å². The van der Waals surface area contributed by atoms with E-state index in [0.717, 1.165) is 32.2 Å². The number of hydrogen-bond donors (Lipinski definition) is 3. The number of primary amides is 1. The van der Waals surface area contributed by atoms with E-state index in [-0.39, 0.29) is 18.5 Å². The molecular weight excluding hydrogens is 246 g/mol. The van der Waals surface area contributed by atoms with Crippen molar-refractivity contribution in [2.24, 2.45) is 5.73 Å². The molecule has 0 spiro atoms. The number of carbonyl (C=O) groups excluding carboxylic acids is 2. The van der Waals surface area contributed by atoms with Gasteiger partial charge in [-0.25, -0.2) is 0 Å². The largest absolute Gasteiger partial charge is 0.368 e. The number of amides is 2. The van der Waals surface area contributed by atoms with Crippen LogP contribution in [-0.4, -0.2) is 34.2 Å². The standard InChI is InChI=1S/C12H19N5O2/c13-11(18)8-17-7-9(6-15-17)16-12(19)10-4-2-1-3-5-14-10/h6-7,10,14H,1-5,8H2,(H2,13,18)(H,16,19). The predicted octanol–water partition coefficient (Wildman–Crippen LogP) is -0.161. The molecule has 1 fully saturated rings. The highest BCUT2D eigenvalue weighted by Gasteiger charge is 2.19. The number of anilines is 1. The quantitative estimate of drug-likeness (QED) is 0.704. The third-order valence-corrected chi connectivity index (χ3v) is 3.10. The molecule has 4 N–H and O–H groups in total. The van der Waals surface area contributed by atoms with Gasteiger partial charge < -0.3 is 16.4 Å². The van der Waals surface area contributed by atoms with Gasteiger partial charge in [0.1, 0.15) is 6.54 Å². The summed E-state index contributed by atoms with van der Waals surface area (Å²) in [6, 6.07) is -0.151. The molecular formula is C12H19N5O2. The Morgan fingerprint density at radius 2 is 2.32 bits per heavy atom. The summed E-state index contributed by atoms with van der Waals surface area (Å²) in [5.74, 6) is -0.521. The Balaban J connectivity index is 1.90. The number of nitrogens with two attached hydrogens (primary N) is 1. The first-order valence-electron chi connectivity index (χ1n) is 6.50. The van der Waals surface area contributed by atoms with Crippen molar-refractivity contribution in [3.8, 4) is 0 Å². The minimum Gasteiger partial charge on any atom is -0.368 e. The maximum absolute atomic E-state index is 12.0. The first-order valence-corrected chi connectivity index (χ1v) is 6.50. The highest BCUT2D eigenvalue weighted by molar-refractivity contribution is 5.94. The average Bonchev–Trinajstić information content (AvgIpc) is 2.64. The number of carbonyl (C=O) groups is 2. The van der Waals surface area contributed by atoms with Gasteiger partial charge in [-0.05, 0) is 19.4 Å². The van der Waals surface area contributed by atoms with Crippen LogP contribution >= 0.6 is 0 Å². The predicted molar refractivity (Wildman–Crippen MR) is 70.3 cm³/mol. The number of hydrogen-bond acceptors (Lipinski definition) is 4. The van der Waals surface area contributed by atoms with E-state index in [1.54, 1.807) is 6.20 Å². The van der Waals surface area contributed by atoms with Gasteiger partial charge in [-0.1, -0.05) is 12.8 Å². The van der Waals surface area contributed by atoms with Crippen LogP contribution in [0.5, 0.6) is 0 Å². The third-order valence-electron chi connectivity index (χ3n) is 3.10. The number of nitrogens with zero attached hydrogens (tertiary/aromatic N) is 2. The fourth-order valence-electron chi connectivity index (χ4n) is 2.16. The molecule has 1 aliphatic heterocycles. The Labute approximate surface area is 111 Å². The maximum Gasteiger partial charge on any atom is 0.241 e. The van der Waals surface area contributed by atoms with E-state index in [0.29, 0.717) is 5.69 Å². The fourth-order valence-corrected chi connectivity index (χ4v) is 2.16. The smallest absolute Gasteiger partial charge is 0.241 e. The van der Waals surface area contributed by atoms with Gasteiger partial charge >= 0.3 is 0 Å². The van der Waals surface area contributed by atoms with E-state index in [1.807, 2.05) is 0 Å². The zero-order valence-corrected chi connectivity index (χ0v) is 10.8. The molecule has 19 heavy (non-hydrogen) atoms. The van der Waals surface area contributed by atoms with E-state index in [1.165, 1.54) is 10.9 Å². The zero-order valence-electron chi connectivity index (χ0n) is 10.8. The van der Waals surface area contributed by atoms with Crippen molar-refractivity contribution in [2.45, 2.75) is 38.3 Å². The Kier molecular flexibility index (Phi) is 4.51. The van der Waals surface area contributed by atoms with Crippen LogP contribution in [0, 0.1) is 0 Å². The summed E-state index contributed by atoms with van der Waals surface area (Å²) in [4.78, 5) is 22.8. The topological polar surface area (TPSA) is 102 Å². The number of aromatic nitrogens is 2. The first kappa shape index (κ1) is 13.5. The minimum atomic E-state index is -0.466. The lowest BCUT2D eigenvalue weighted by atomic mass is 10.1. The van der Waals surface area contributed by atoms with E-state index in [9.17, 15) is 9.59 Å². The molecule has 1 unspecified atom stereocenters. The fraction of sp³-hybridized carbons (Fsp3) is 0.583. The summed E-state index contributed by atoms with van der Waals surface area (Å²) in [5.41, 5.74) is 5.65. The summed E-state index contributed by atoms with van der Waals surface area (Å²) >= 11 is 0. The van der Waals surface area contributed by atoms with Gasteiger partial charge in [-0.3, -0.25) is 14.3 Å². The molecule has 0 aliphatic carbocycles. The Morgan fingerprint density at radius 1 is 1.47 bits per heavy atom. The monoisotopic (exact) mass is 265 g/mol. The van der Waals surface area contributed by atoms with Crippen molar-refractivity contribution in [2.75, 3.05) is 11.9 Å². The second kappa shape index (κ2) is 6.33. The minimum absolute atomic E-state index is 0.0115. The van der Waals surface area contributed by atoms with Crippen LogP contribution in [0.15, 0.2) is 12.4 Å². The molecule has 1 aromatic rings. The lowest BCUT2D eigenvalue weighted by Gasteiger charge is -2.14. The highest BCUT2D eigenvalue weighted by atomic mass is 16.2. The summed E-state index contributed by atoms with van der Waals surface area (Å²) in [7, 11) is 0. The summed E-state index contributed by atoms with van der Waals surface area (Å²) in [6.45, 7) is 0.885. The van der Waals surface area contributed by atoms with Crippen LogP contribution in [0.2, 0.25) is 0 Å². The van der Waals surface area contributed by atoms with Crippen LogP contribution in [0.1, 0.15) is 25.7 Å². The van der Waals surface area contributed by atoms with Crippen LogP contribution in [0.3, 0.4) is 0 Å². The van der Waals surface area contributed by atoms with Crippen molar-refractivity contribution in [3.63, 3.8) is 0 Å². The molecule has 0 bridgehead atoms. The van der Waals surface area contributed by atoms with Crippen molar-refractivity contribution >= 4 is 17.5 Å². The molecule has 1 saturated heterocycles. The van der Waals surface area contributed by atoms with Crippen LogP contribution in [0.25, 0.3) is 0 Å². The van der Waals surface area contributed by atoms with Crippen molar-refractivity contribution in [1.29, 1.82) is 0 Å².